The first kappa shape index (κ1) is 30.1. The zero-order chi connectivity index (χ0) is 31.1. The summed E-state index contributed by atoms with van der Waals surface area (Å²) in [4.78, 5) is 37.7. The minimum Gasteiger partial charge on any atom is -0.453 e. The maximum absolute atomic E-state index is 15.3. The second kappa shape index (κ2) is 13.7. The third-order valence-corrected chi connectivity index (χ3v) is 7.04. The highest BCUT2D eigenvalue weighted by molar-refractivity contribution is 6.30. The molecule has 1 aliphatic heterocycles. The van der Waals surface area contributed by atoms with Crippen molar-refractivity contribution in [3.63, 3.8) is 0 Å². The number of aromatic nitrogens is 4. The van der Waals surface area contributed by atoms with Gasteiger partial charge in [0.05, 0.1) is 24.5 Å². The fraction of sp³-hybridized carbons (Fsp3) is 0.161. The fourth-order valence-corrected chi connectivity index (χ4v) is 4.87. The number of benzene rings is 3. The van der Waals surface area contributed by atoms with Crippen molar-refractivity contribution in [3.05, 3.63) is 101 Å². The summed E-state index contributed by atoms with van der Waals surface area (Å²) in [6.07, 6.45) is 8.20. The van der Waals surface area contributed by atoms with Crippen LogP contribution in [0, 0.1) is 5.82 Å². The molecule has 2 heterocycles. The number of carbonyl (C=O) groups excluding carboxylic acids is 3. The zero-order valence-corrected chi connectivity index (χ0v) is 24.2. The number of rotatable bonds is 5. The summed E-state index contributed by atoms with van der Waals surface area (Å²) in [5.74, 6) is -1.20. The number of methoxy groups -OCH3 is 1. The number of halogens is 2. The Labute approximate surface area is 256 Å². The second-order valence-corrected chi connectivity index (χ2v) is 10.2. The lowest BCUT2D eigenvalue weighted by atomic mass is 9.95. The van der Waals surface area contributed by atoms with E-state index < -0.39 is 23.9 Å². The van der Waals surface area contributed by atoms with Crippen molar-refractivity contribution in [2.45, 2.75) is 25.3 Å². The first-order chi connectivity index (χ1) is 21.3. The van der Waals surface area contributed by atoms with Gasteiger partial charge in [0, 0.05) is 39.9 Å². The highest BCUT2D eigenvalue weighted by Crippen LogP contribution is 2.34. The van der Waals surface area contributed by atoms with Crippen molar-refractivity contribution in [2.24, 2.45) is 0 Å². The van der Waals surface area contributed by atoms with Gasteiger partial charge in [0.2, 0.25) is 11.8 Å². The van der Waals surface area contributed by atoms with Gasteiger partial charge >= 0.3 is 6.09 Å². The van der Waals surface area contributed by atoms with Gasteiger partial charge < -0.3 is 15.4 Å². The molecule has 3 amide bonds. The minimum atomic E-state index is -0.727. The van der Waals surface area contributed by atoms with Crippen LogP contribution in [-0.2, 0) is 14.3 Å². The van der Waals surface area contributed by atoms with Crippen LogP contribution >= 0.6 is 11.6 Å². The molecule has 3 N–H and O–H groups in total. The Morgan fingerprint density at radius 2 is 2.00 bits per heavy atom. The molecule has 0 fully saturated rings. The monoisotopic (exact) mass is 615 g/mol. The van der Waals surface area contributed by atoms with E-state index in [9.17, 15) is 14.4 Å². The molecule has 224 valence electrons. The summed E-state index contributed by atoms with van der Waals surface area (Å²) >= 11 is 6.19. The van der Waals surface area contributed by atoms with Crippen LogP contribution < -0.4 is 16.0 Å². The van der Waals surface area contributed by atoms with E-state index in [1.54, 1.807) is 54.6 Å². The molecule has 3 aromatic carbocycles. The fourth-order valence-electron chi connectivity index (χ4n) is 4.69. The molecule has 1 unspecified atom stereocenters. The van der Waals surface area contributed by atoms with Crippen molar-refractivity contribution < 1.29 is 23.5 Å². The first-order valence-electron chi connectivity index (χ1n) is 13.6. The van der Waals surface area contributed by atoms with Crippen LogP contribution in [0.4, 0.5) is 20.6 Å². The summed E-state index contributed by atoms with van der Waals surface area (Å²) in [5, 5.41) is 20.0. The summed E-state index contributed by atoms with van der Waals surface area (Å²) in [6, 6.07) is 13.9. The Morgan fingerprint density at radius 3 is 2.80 bits per heavy atom. The average Bonchev–Trinajstić information content (AvgIpc) is 3.54. The molecule has 44 heavy (non-hydrogen) atoms. The van der Waals surface area contributed by atoms with Crippen LogP contribution in [0.5, 0.6) is 0 Å². The van der Waals surface area contributed by atoms with E-state index in [4.69, 9.17) is 11.6 Å². The Morgan fingerprint density at radius 1 is 1.14 bits per heavy atom. The minimum absolute atomic E-state index is 0.194. The normalized spacial score (nSPS) is 15.6. The lowest BCUT2D eigenvalue weighted by Gasteiger charge is -2.20. The molecule has 0 spiro atoms. The van der Waals surface area contributed by atoms with Crippen LogP contribution in [-0.4, -0.2) is 45.2 Å². The number of carbonyl (C=O) groups is 3. The topological polar surface area (TPSA) is 140 Å². The summed E-state index contributed by atoms with van der Waals surface area (Å²) in [5.41, 5.74) is 3.50. The van der Waals surface area contributed by atoms with Crippen LogP contribution in [0.25, 0.3) is 22.9 Å². The van der Waals surface area contributed by atoms with E-state index in [-0.39, 0.29) is 24.3 Å². The number of hydrogen-bond donors (Lipinski definition) is 3. The highest BCUT2D eigenvalue weighted by atomic mass is 35.5. The van der Waals surface area contributed by atoms with Crippen molar-refractivity contribution >= 4 is 47.0 Å². The molecule has 13 heteroatoms. The predicted octanol–water partition coefficient (Wildman–Crippen LogP) is 5.85. The van der Waals surface area contributed by atoms with Crippen LogP contribution in [0.2, 0.25) is 5.02 Å². The number of amides is 3. The Bertz CT molecular complexity index is 1760. The van der Waals surface area contributed by atoms with Gasteiger partial charge in [0.25, 0.3) is 0 Å². The van der Waals surface area contributed by atoms with Gasteiger partial charge in [0.1, 0.15) is 12.1 Å². The van der Waals surface area contributed by atoms with Crippen LogP contribution in [0.1, 0.15) is 36.4 Å². The predicted molar refractivity (Wildman–Crippen MR) is 164 cm³/mol. The maximum atomic E-state index is 15.3. The molecular weight excluding hydrogens is 589 g/mol. The number of anilines is 2. The van der Waals surface area contributed by atoms with Crippen molar-refractivity contribution in [2.75, 3.05) is 17.7 Å². The third-order valence-electron chi connectivity index (χ3n) is 6.80. The molecule has 1 atom stereocenters. The SMILES string of the molecule is COC(=O)Nc1ccc2c(c1)NC(=O)CC/C=C/CC(NC(=O)/C=C/c1cc(Cl)ccc1-n1cnnn1)c1cc-2ccc1F. The van der Waals surface area contributed by atoms with E-state index in [2.05, 4.69) is 36.2 Å². The molecule has 0 aliphatic carbocycles. The summed E-state index contributed by atoms with van der Waals surface area (Å²) in [7, 11) is 1.25. The van der Waals surface area contributed by atoms with Gasteiger partial charge in [-0.1, -0.05) is 35.9 Å². The standard InChI is InChI=1S/C31H27ClFN7O4/c1-44-31(43)35-22-10-11-23-19-7-12-25(33)24(16-19)26(5-3-2-4-6-29(41)37-27(23)17-22)36-30(42)14-8-20-15-21(32)9-13-28(20)40-18-34-38-39-40/h2-3,7-18,26H,4-6H2,1H3,(H,35,43)(H,36,42)(H,37,41)/b3-2+,14-8+. The Kier molecular flexibility index (Phi) is 9.40. The molecule has 5 rings (SSSR count). The third kappa shape index (κ3) is 7.34. The summed E-state index contributed by atoms with van der Waals surface area (Å²) in [6.45, 7) is 0. The van der Waals surface area contributed by atoms with E-state index in [0.29, 0.717) is 45.2 Å². The van der Waals surface area contributed by atoms with Gasteiger partial charge in [0.15, 0.2) is 0 Å². The lowest BCUT2D eigenvalue weighted by Crippen LogP contribution is -2.27. The zero-order valence-electron chi connectivity index (χ0n) is 23.5. The molecule has 0 saturated heterocycles. The van der Waals surface area contributed by atoms with Gasteiger partial charge in [-0.15, -0.1) is 5.10 Å². The first-order valence-corrected chi connectivity index (χ1v) is 13.9. The molecule has 4 aromatic rings. The van der Waals surface area contributed by atoms with Crippen LogP contribution in [0.15, 0.2) is 79.2 Å². The van der Waals surface area contributed by atoms with Gasteiger partial charge in [-0.2, -0.15) is 4.68 Å². The van der Waals surface area contributed by atoms with Gasteiger partial charge in [-0.05, 0) is 77.4 Å². The van der Waals surface area contributed by atoms with Crippen molar-refractivity contribution in [3.8, 4) is 16.8 Å². The molecule has 11 nitrogen and oxygen atoms in total. The molecule has 1 aromatic heterocycles. The number of nitrogens with zero attached hydrogens (tertiary/aromatic N) is 4. The van der Waals surface area contributed by atoms with Crippen molar-refractivity contribution in [1.82, 2.24) is 25.5 Å². The molecule has 1 aliphatic rings. The number of tetrazole rings is 1. The summed E-state index contributed by atoms with van der Waals surface area (Å²) < 4.78 is 21.5. The Hall–Kier alpha value is -5.36. The number of nitrogens with one attached hydrogen (secondary N) is 3. The van der Waals surface area contributed by atoms with E-state index in [0.717, 1.165) is 0 Å². The number of hydrogen-bond acceptors (Lipinski definition) is 7. The Balaban J connectivity index is 1.47. The van der Waals surface area contributed by atoms with E-state index in [1.807, 2.05) is 12.2 Å². The van der Waals surface area contributed by atoms with Gasteiger partial charge in [-0.25, -0.2) is 9.18 Å². The maximum Gasteiger partial charge on any atom is 0.411 e. The number of fused-ring (bicyclic) bond motifs is 4. The van der Waals surface area contributed by atoms with Gasteiger partial charge in [-0.3, -0.25) is 14.9 Å². The number of ether oxygens (including phenoxy) is 1. The molecular formula is C31H27ClFN7O4. The average molecular weight is 616 g/mol. The second-order valence-electron chi connectivity index (χ2n) is 9.76. The van der Waals surface area contributed by atoms with E-state index in [1.165, 1.54) is 30.3 Å². The smallest absolute Gasteiger partial charge is 0.411 e. The quantitative estimate of drug-likeness (QED) is 0.189. The van der Waals surface area contributed by atoms with E-state index >= 15 is 4.39 Å². The molecule has 2 bridgehead atoms. The van der Waals surface area contributed by atoms with Crippen LogP contribution in [0.3, 0.4) is 0 Å². The van der Waals surface area contributed by atoms with Crippen molar-refractivity contribution in [1.29, 1.82) is 0 Å². The molecule has 0 radical (unpaired) electrons. The number of allylic oxidation sites excluding steroid dienone is 1. The molecule has 0 saturated carbocycles. The highest BCUT2D eigenvalue weighted by Gasteiger charge is 2.20. The largest absolute Gasteiger partial charge is 0.453 e. The lowest BCUT2D eigenvalue weighted by molar-refractivity contribution is -0.117.